The largest absolute Gasteiger partial charge is 0.333 e. The predicted molar refractivity (Wildman–Crippen MR) is 77.2 cm³/mol. The summed E-state index contributed by atoms with van der Waals surface area (Å²) < 4.78 is 0. The summed E-state index contributed by atoms with van der Waals surface area (Å²) >= 11 is 0. The highest BCUT2D eigenvalue weighted by molar-refractivity contribution is 5.86. The zero-order valence-corrected chi connectivity index (χ0v) is 11.4. The van der Waals surface area contributed by atoms with Gasteiger partial charge in [-0.25, -0.2) is 5.43 Å². The number of hydrogen-bond donors (Lipinski definition) is 1. The van der Waals surface area contributed by atoms with Gasteiger partial charge in [0.2, 0.25) is 5.91 Å². The van der Waals surface area contributed by atoms with Crippen LogP contribution in [0, 0.1) is 0 Å². The van der Waals surface area contributed by atoms with E-state index in [0.29, 0.717) is 13.0 Å². The molecular weight excluding hydrogens is 254 g/mol. The normalized spacial score (nSPS) is 16.2. The van der Waals surface area contributed by atoms with Crippen LogP contribution in [0.1, 0.15) is 31.2 Å². The van der Waals surface area contributed by atoms with Crippen LogP contribution in [0.15, 0.2) is 35.4 Å². The van der Waals surface area contributed by atoms with Crippen LogP contribution in [0.5, 0.6) is 0 Å². The van der Waals surface area contributed by atoms with Crippen molar-refractivity contribution in [3.8, 4) is 0 Å². The molecule has 0 saturated carbocycles. The fourth-order valence-electron chi connectivity index (χ4n) is 2.13. The van der Waals surface area contributed by atoms with Crippen LogP contribution in [-0.4, -0.2) is 36.0 Å². The smallest absolute Gasteiger partial charge is 0.259 e. The van der Waals surface area contributed by atoms with E-state index in [2.05, 4.69) is 10.5 Å². The summed E-state index contributed by atoms with van der Waals surface area (Å²) in [5.41, 5.74) is 3.37. The first-order valence-electron chi connectivity index (χ1n) is 6.90. The maximum atomic E-state index is 11.8. The number of nitrogens with zero attached hydrogens (tertiary/aromatic N) is 2. The van der Waals surface area contributed by atoms with Gasteiger partial charge in [0.15, 0.2) is 0 Å². The van der Waals surface area contributed by atoms with E-state index in [1.54, 1.807) is 11.1 Å². The minimum Gasteiger partial charge on any atom is -0.333 e. The summed E-state index contributed by atoms with van der Waals surface area (Å²) in [5.74, 6) is -0.197. The molecule has 20 heavy (non-hydrogen) atoms. The molecule has 1 saturated heterocycles. The Balaban J connectivity index is 1.80. The van der Waals surface area contributed by atoms with E-state index in [9.17, 15) is 9.59 Å². The van der Waals surface area contributed by atoms with Crippen molar-refractivity contribution in [3.63, 3.8) is 0 Å². The second kappa shape index (κ2) is 7.43. The van der Waals surface area contributed by atoms with Crippen LogP contribution >= 0.6 is 0 Å². The molecule has 2 rings (SSSR count). The van der Waals surface area contributed by atoms with Crippen molar-refractivity contribution in [2.75, 3.05) is 13.1 Å². The molecule has 5 heteroatoms. The van der Waals surface area contributed by atoms with E-state index in [1.807, 2.05) is 30.3 Å². The van der Waals surface area contributed by atoms with Crippen molar-refractivity contribution < 1.29 is 9.59 Å². The number of benzene rings is 1. The fraction of sp³-hybridized carbons (Fsp3) is 0.400. The molecule has 2 amide bonds. The minimum atomic E-state index is -0.257. The van der Waals surface area contributed by atoms with Crippen molar-refractivity contribution in [1.29, 1.82) is 0 Å². The SMILES string of the molecule is O=C(CN1CCCCCC1=O)N/N=C\c1ccccc1. The number of hydrazone groups is 1. The predicted octanol–water partition coefficient (Wildman–Crippen LogP) is 1.54. The molecule has 0 spiro atoms. The lowest BCUT2D eigenvalue weighted by atomic mass is 10.2. The molecule has 5 nitrogen and oxygen atoms in total. The standard InChI is InChI=1S/C15H19N3O2/c19-14(12-18-10-6-2-5-9-15(18)20)17-16-11-13-7-3-1-4-8-13/h1,3-4,7-8,11H,2,5-6,9-10,12H2,(H,17,19)/b16-11-. The van der Waals surface area contributed by atoms with Gasteiger partial charge in [-0.15, -0.1) is 0 Å². The summed E-state index contributed by atoms with van der Waals surface area (Å²) in [6.07, 6.45) is 5.06. The lowest BCUT2D eigenvalue weighted by Crippen LogP contribution is -2.39. The number of rotatable bonds is 4. The van der Waals surface area contributed by atoms with Gasteiger partial charge in [-0.3, -0.25) is 9.59 Å². The first-order chi connectivity index (χ1) is 9.75. The van der Waals surface area contributed by atoms with Crippen molar-refractivity contribution in [2.45, 2.75) is 25.7 Å². The van der Waals surface area contributed by atoms with Gasteiger partial charge >= 0.3 is 0 Å². The van der Waals surface area contributed by atoms with Gasteiger partial charge in [-0.2, -0.15) is 5.10 Å². The molecule has 0 aliphatic carbocycles. The quantitative estimate of drug-likeness (QED) is 0.668. The first-order valence-corrected chi connectivity index (χ1v) is 6.90. The first kappa shape index (κ1) is 14.2. The molecule has 0 radical (unpaired) electrons. The van der Waals surface area contributed by atoms with Crippen molar-refractivity contribution >= 4 is 18.0 Å². The zero-order valence-electron chi connectivity index (χ0n) is 11.4. The topological polar surface area (TPSA) is 61.8 Å². The molecule has 0 unspecified atom stereocenters. The molecule has 1 aliphatic rings. The Morgan fingerprint density at radius 3 is 2.85 bits per heavy atom. The van der Waals surface area contributed by atoms with Gasteiger partial charge < -0.3 is 4.90 Å². The monoisotopic (exact) mass is 273 g/mol. The highest BCUT2D eigenvalue weighted by atomic mass is 16.2. The molecule has 1 fully saturated rings. The number of carbonyl (C=O) groups excluding carboxylic acids is 2. The van der Waals surface area contributed by atoms with Gasteiger partial charge in [0.1, 0.15) is 6.54 Å². The molecule has 0 aromatic heterocycles. The molecule has 106 valence electrons. The molecule has 0 atom stereocenters. The summed E-state index contributed by atoms with van der Waals surface area (Å²) in [7, 11) is 0. The van der Waals surface area contributed by atoms with Gasteiger partial charge in [-0.1, -0.05) is 36.8 Å². The Morgan fingerprint density at radius 2 is 2.05 bits per heavy atom. The number of nitrogens with one attached hydrogen (secondary N) is 1. The Morgan fingerprint density at radius 1 is 1.25 bits per heavy atom. The molecule has 0 bridgehead atoms. The Kier molecular flexibility index (Phi) is 5.29. The molecule has 1 aliphatic heterocycles. The second-order valence-corrected chi connectivity index (χ2v) is 4.83. The third-order valence-electron chi connectivity index (χ3n) is 3.21. The van der Waals surface area contributed by atoms with E-state index in [1.165, 1.54) is 0 Å². The van der Waals surface area contributed by atoms with Gasteiger partial charge in [0.05, 0.1) is 6.21 Å². The second-order valence-electron chi connectivity index (χ2n) is 4.83. The summed E-state index contributed by atoms with van der Waals surface area (Å²) in [4.78, 5) is 25.1. The van der Waals surface area contributed by atoms with E-state index >= 15 is 0 Å². The molecule has 1 heterocycles. The zero-order chi connectivity index (χ0) is 14.2. The van der Waals surface area contributed by atoms with Crippen molar-refractivity contribution in [1.82, 2.24) is 10.3 Å². The maximum Gasteiger partial charge on any atom is 0.259 e. The fourth-order valence-corrected chi connectivity index (χ4v) is 2.13. The number of hydrogen-bond acceptors (Lipinski definition) is 3. The summed E-state index contributed by atoms with van der Waals surface area (Å²) in [6.45, 7) is 0.750. The van der Waals surface area contributed by atoms with E-state index in [4.69, 9.17) is 0 Å². The molecule has 1 aromatic rings. The van der Waals surface area contributed by atoms with Gasteiger partial charge in [0, 0.05) is 13.0 Å². The average Bonchev–Trinajstić information content (AvgIpc) is 2.65. The van der Waals surface area contributed by atoms with Crippen molar-refractivity contribution in [3.05, 3.63) is 35.9 Å². The van der Waals surface area contributed by atoms with Crippen LogP contribution in [0.4, 0.5) is 0 Å². The third kappa shape index (κ3) is 4.50. The lowest BCUT2D eigenvalue weighted by Gasteiger charge is -2.18. The summed E-state index contributed by atoms with van der Waals surface area (Å²) in [5, 5.41) is 3.89. The molecule has 1 aromatic carbocycles. The highest BCUT2D eigenvalue weighted by Gasteiger charge is 2.18. The molecular formula is C15H19N3O2. The third-order valence-corrected chi connectivity index (χ3v) is 3.21. The highest BCUT2D eigenvalue weighted by Crippen LogP contribution is 2.10. The number of amides is 2. The van der Waals surface area contributed by atoms with Crippen LogP contribution in [-0.2, 0) is 9.59 Å². The Bertz CT molecular complexity index is 485. The van der Waals surface area contributed by atoms with Gasteiger partial charge in [-0.05, 0) is 18.4 Å². The van der Waals surface area contributed by atoms with E-state index in [-0.39, 0.29) is 18.4 Å². The van der Waals surface area contributed by atoms with Crippen molar-refractivity contribution in [2.24, 2.45) is 5.10 Å². The van der Waals surface area contributed by atoms with E-state index in [0.717, 1.165) is 24.8 Å². The Hall–Kier alpha value is -2.17. The average molecular weight is 273 g/mol. The van der Waals surface area contributed by atoms with Crippen LogP contribution < -0.4 is 5.43 Å². The number of carbonyl (C=O) groups is 2. The maximum absolute atomic E-state index is 11.8. The van der Waals surface area contributed by atoms with Crippen LogP contribution in [0.2, 0.25) is 0 Å². The van der Waals surface area contributed by atoms with Crippen LogP contribution in [0.3, 0.4) is 0 Å². The van der Waals surface area contributed by atoms with E-state index < -0.39 is 0 Å². The molecule has 1 N–H and O–H groups in total. The Labute approximate surface area is 118 Å². The van der Waals surface area contributed by atoms with Gasteiger partial charge in [0.25, 0.3) is 5.91 Å². The van der Waals surface area contributed by atoms with Crippen LogP contribution in [0.25, 0.3) is 0 Å². The minimum absolute atomic E-state index is 0.0599. The lowest BCUT2D eigenvalue weighted by molar-refractivity contribution is -0.135. The number of likely N-dealkylation sites (tertiary alicyclic amines) is 1. The summed E-state index contributed by atoms with van der Waals surface area (Å²) in [6, 6.07) is 9.51.